The minimum atomic E-state index is 0.732. The third-order valence-corrected chi connectivity index (χ3v) is 3.95. The van der Waals surface area contributed by atoms with Gasteiger partial charge in [-0.1, -0.05) is 0 Å². The van der Waals surface area contributed by atoms with Crippen LogP contribution in [0.25, 0.3) is 0 Å². The normalized spacial score (nSPS) is 20.0. The maximum Gasteiger partial charge on any atom is 0.144 e. The monoisotopic (exact) mass is 265 g/mol. The maximum absolute atomic E-state index is 5.50. The van der Waals surface area contributed by atoms with Gasteiger partial charge in [0.05, 0.1) is 6.33 Å². The van der Waals surface area contributed by atoms with Crippen molar-refractivity contribution in [2.24, 2.45) is 5.73 Å². The summed E-state index contributed by atoms with van der Waals surface area (Å²) >= 11 is 0. The van der Waals surface area contributed by atoms with Crippen molar-refractivity contribution in [3.8, 4) is 0 Å². The van der Waals surface area contributed by atoms with Crippen LogP contribution in [0.5, 0.6) is 0 Å². The number of nitrogens with zero attached hydrogens (tertiary/aromatic N) is 3. The van der Waals surface area contributed by atoms with E-state index in [1.807, 2.05) is 6.33 Å². The van der Waals surface area contributed by atoms with Gasteiger partial charge < -0.3 is 20.5 Å². The number of aromatic nitrogens is 2. The van der Waals surface area contributed by atoms with Gasteiger partial charge in [0.2, 0.25) is 0 Å². The van der Waals surface area contributed by atoms with Crippen molar-refractivity contribution in [2.45, 2.75) is 44.7 Å². The Morgan fingerprint density at radius 2 is 2.37 bits per heavy atom. The van der Waals surface area contributed by atoms with Crippen molar-refractivity contribution in [3.05, 3.63) is 12.5 Å². The second-order valence-corrected chi connectivity index (χ2v) is 5.48. The number of nitrogens with one attached hydrogen (secondary N) is 1. The Morgan fingerprint density at radius 3 is 3.11 bits per heavy atom. The van der Waals surface area contributed by atoms with E-state index >= 15 is 0 Å². The molecule has 0 spiro atoms. The van der Waals surface area contributed by atoms with Crippen LogP contribution in [0.2, 0.25) is 0 Å². The predicted molar refractivity (Wildman–Crippen MR) is 79.3 cm³/mol. The highest BCUT2D eigenvalue weighted by Crippen LogP contribution is 2.19. The molecule has 0 radical (unpaired) electrons. The van der Waals surface area contributed by atoms with Crippen LogP contribution in [0.3, 0.4) is 0 Å². The third-order valence-electron chi connectivity index (χ3n) is 3.95. The second-order valence-electron chi connectivity index (χ2n) is 5.48. The Labute approximate surface area is 116 Å². The first-order valence-corrected chi connectivity index (χ1v) is 7.45. The molecule has 0 bridgehead atoms. The van der Waals surface area contributed by atoms with Gasteiger partial charge in [0, 0.05) is 25.3 Å². The molecule has 0 saturated carbocycles. The van der Waals surface area contributed by atoms with Crippen LogP contribution in [0, 0.1) is 0 Å². The summed E-state index contributed by atoms with van der Waals surface area (Å²) < 4.78 is 2.10. The molecule has 0 aromatic carbocycles. The SMILES string of the molecule is CN1CCCC1CCCNc1cn(CCCN)cn1. The molecular formula is C14H27N5. The lowest BCUT2D eigenvalue weighted by molar-refractivity contribution is 0.294. The zero-order chi connectivity index (χ0) is 13.5. The molecule has 2 rings (SSSR count). The van der Waals surface area contributed by atoms with Crippen LogP contribution in [0.4, 0.5) is 5.82 Å². The van der Waals surface area contributed by atoms with E-state index in [9.17, 15) is 0 Å². The van der Waals surface area contributed by atoms with E-state index < -0.39 is 0 Å². The van der Waals surface area contributed by atoms with Crippen LogP contribution in [-0.4, -0.2) is 47.2 Å². The van der Waals surface area contributed by atoms with Gasteiger partial charge in [-0.25, -0.2) is 4.98 Å². The fourth-order valence-corrected chi connectivity index (χ4v) is 2.75. The topological polar surface area (TPSA) is 59.1 Å². The molecule has 1 saturated heterocycles. The van der Waals surface area contributed by atoms with Crippen molar-refractivity contribution in [3.63, 3.8) is 0 Å². The first kappa shape index (κ1) is 14.3. The van der Waals surface area contributed by atoms with Crippen molar-refractivity contribution < 1.29 is 0 Å². The van der Waals surface area contributed by atoms with Gasteiger partial charge in [-0.2, -0.15) is 0 Å². The molecule has 1 aliphatic heterocycles. The number of hydrogen-bond donors (Lipinski definition) is 2. The van der Waals surface area contributed by atoms with Crippen molar-refractivity contribution in [1.82, 2.24) is 14.5 Å². The number of imidazole rings is 1. The Balaban J connectivity index is 1.61. The van der Waals surface area contributed by atoms with E-state index in [0.29, 0.717) is 0 Å². The largest absolute Gasteiger partial charge is 0.369 e. The summed E-state index contributed by atoms with van der Waals surface area (Å²) in [5, 5.41) is 3.40. The zero-order valence-electron chi connectivity index (χ0n) is 12.0. The summed E-state index contributed by atoms with van der Waals surface area (Å²) in [6.07, 6.45) is 10.2. The molecule has 3 N–H and O–H groups in total. The highest BCUT2D eigenvalue weighted by molar-refractivity contribution is 5.30. The van der Waals surface area contributed by atoms with Crippen molar-refractivity contribution >= 4 is 5.82 Å². The average Bonchev–Trinajstić information content (AvgIpc) is 3.02. The third kappa shape index (κ3) is 4.51. The quantitative estimate of drug-likeness (QED) is 0.700. The summed E-state index contributed by atoms with van der Waals surface area (Å²) in [5.41, 5.74) is 5.50. The molecule has 1 fully saturated rings. The Morgan fingerprint density at radius 1 is 1.47 bits per heavy atom. The summed E-state index contributed by atoms with van der Waals surface area (Å²) in [7, 11) is 2.24. The minimum Gasteiger partial charge on any atom is -0.369 e. The Bertz CT molecular complexity index is 362. The smallest absolute Gasteiger partial charge is 0.144 e. The number of nitrogens with two attached hydrogens (primary N) is 1. The van der Waals surface area contributed by atoms with Crippen LogP contribution in [0.1, 0.15) is 32.1 Å². The van der Waals surface area contributed by atoms with Crippen LogP contribution in [0.15, 0.2) is 12.5 Å². The van der Waals surface area contributed by atoms with E-state index in [4.69, 9.17) is 5.73 Å². The lowest BCUT2D eigenvalue weighted by Gasteiger charge is -2.18. The van der Waals surface area contributed by atoms with Gasteiger partial charge >= 0.3 is 0 Å². The maximum atomic E-state index is 5.50. The highest BCUT2D eigenvalue weighted by atomic mass is 15.1. The summed E-state index contributed by atoms with van der Waals surface area (Å²) in [4.78, 5) is 6.84. The van der Waals surface area contributed by atoms with E-state index in [2.05, 4.69) is 33.0 Å². The van der Waals surface area contributed by atoms with Crippen molar-refractivity contribution in [2.75, 3.05) is 32.0 Å². The summed E-state index contributed by atoms with van der Waals surface area (Å²) in [6.45, 7) is 3.97. The van der Waals surface area contributed by atoms with Gasteiger partial charge in [0.1, 0.15) is 5.82 Å². The highest BCUT2D eigenvalue weighted by Gasteiger charge is 2.19. The fraction of sp³-hybridized carbons (Fsp3) is 0.786. The molecule has 0 amide bonds. The van der Waals surface area contributed by atoms with Gasteiger partial charge in [-0.3, -0.25) is 0 Å². The molecule has 1 aromatic heterocycles. The van der Waals surface area contributed by atoms with E-state index in [-0.39, 0.29) is 0 Å². The molecule has 2 heterocycles. The van der Waals surface area contributed by atoms with Crippen LogP contribution < -0.4 is 11.1 Å². The molecular weight excluding hydrogens is 238 g/mol. The van der Waals surface area contributed by atoms with Gasteiger partial charge in [0.15, 0.2) is 0 Å². The molecule has 1 unspecified atom stereocenters. The first-order valence-electron chi connectivity index (χ1n) is 7.45. The molecule has 19 heavy (non-hydrogen) atoms. The zero-order valence-corrected chi connectivity index (χ0v) is 12.0. The number of rotatable bonds is 8. The van der Waals surface area contributed by atoms with E-state index in [1.54, 1.807) is 0 Å². The summed E-state index contributed by atoms with van der Waals surface area (Å²) in [5.74, 6) is 0.983. The van der Waals surface area contributed by atoms with E-state index in [0.717, 1.165) is 37.9 Å². The Hall–Kier alpha value is -1.07. The lowest BCUT2D eigenvalue weighted by atomic mass is 10.1. The fourth-order valence-electron chi connectivity index (χ4n) is 2.75. The molecule has 1 atom stereocenters. The van der Waals surface area contributed by atoms with Gasteiger partial charge in [-0.15, -0.1) is 0 Å². The number of hydrogen-bond acceptors (Lipinski definition) is 4. The number of anilines is 1. The second kappa shape index (κ2) is 7.50. The molecule has 0 aliphatic carbocycles. The molecule has 5 heteroatoms. The average molecular weight is 265 g/mol. The van der Waals surface area contributed by atoms with Crippen molar-refractivity contribution in [1.29, 1.82) is 0 Å². The summed E-state index contributed by atoms with van der Waals surface area (Å²) in [6, 6.07) is 0.795. The number of likely N-dealkylation sites (tertiary alicyclic amines) is 1. The Kier molecular flexibility index (Phi) is 5.66. The molecule has 5 nitrogen and oxygen atoms in total. The van der Waals surface area contributed by atoms with Crippen LogP contribution in [-0.2, 0) is 6.54 Å². The molecule has 1 aliphatic rings. The minimum absolute atomic E-state index is 0.732. The van der Waals surface area contributed by atoms with Crippen LogP contribution >= 0.6 is 0 Å². The number of aryl methyl sites for hydroxylation is 1. The first-order chi connectivity index (χ1) is 9.29. The van der Waals surface area contributed by atoms with Gasteiger partial charge in [0.25, 0.3) is 0 Å². The van der Waals surface area contributed by atoms with E-state index in [1.165, 1.54) is 32.2 Å². The predicted octanol–water partition coefficient (Wildman–Crippen LogP) is 1.52. The molecule has 1 aromatic rings. The standard InChI is InChI=1S/C14H27N5/c1-18-9-3-6-13(18)5-2-8-16-14-11-19(12-17-14)10-4-7-15/h11-13,16H,2-10,15H2,1H3. The van der Waals surface area contributed by atoms with Gasteiger partial charge in [-0.05, 0) is 52.2 Å². The lowest BCUT2D eigenvalue weighted by Crippen LogP contribution is -2.25. The molecule has 108 valence electrons.